The van der Waals surface area contributed by atoms with E-state index in [4.69, 9.17) is 0 Å². The molecular formula is C21H29N3O. The van der Waals surface area contributed by atoms with Crippen molar-refractivity contribution in [3.8, 4) is 5.69 Å². The highest BCUT2D eigenvalue weighted by Crippen LogP contribution is 2.16. The van der Waals surface area contributed by atoms with Gasteiger partial charge in [0.25, 0.3) is 0 Å². The maximum Gasteiger partial charge on any atom is 0.225 e. The number of carbonyl (C=O) groups excluding carboxylic acids is 1. The molecule has 2 aromatic rings. The first-order chi connectivity index (χ1) is 12.1. The summed E-state index contributed by atoms with van der Waals surface area (Å²) in [5, 5.41) is 3.08. The molecule has 1 amide bonds. The summed E-state index contributed by atoms with van der Waals surface area (Å²) in [6, 6.07) is 13.0. The average molecular weight is 339 g/mol. The summed E-state index contributed by atoms with van der Waals surface area (Å²) < 4.78 is 2.09. The van der Waals surface area contributed by atoms with Crippen LogP contribution in [0.1, 0.15) is 37.4 Å². The number of hydrogen-bond donors (Lipinski definition) is 1. The molecule has 0 spiro atoms. The Morgan fingerprint density at radius 3 is 2.76 bits per heavy atom. The van der Waals surface area contributed by atoms with Crippen LogP contribution >= 0.6 is 0 Å². The van der Waals surface area contributed by atoms with Crippen LogP contribution in [0.2, 0.25) is 0 Å². The second-order valence-electron chi connectivity index (χ2n) is 7.11. The molecule has 0 unspecified atom stereocenters. The van der Waals surface area contributed by atoms with Crippen LogP contribution in [0.5, 0.6) is 0 Å². The van der Waals surface area contributed by atoms with Gasteiger partial charge in [-0.2, -0.15) is 0 Å². The number of hydrogen-bond acceptors (Lipinski definition) is 2. The van der Waals surface area contributed by atoms with Gasteiger partial charge in [-0.15, -0.1) is 0 Å². The van der Waals surface area contributed by atoms with Crippen molar-refractivity contribution in [2.75, 3.05) is 19.6 Å². The molecule has 1 aliphatic heterocycles. The smallest absolute Gasteiger partial charge is 0.225 e. The summed E-state index contributed by atoms with van der Waals surface area (Å²) >= 11 is 0. The Morgan fingerprint density at radius 1 is 1.20 bits per heavy atom. The highest BCUT2D eigenvalue weighted by atomic mass is 16.1. The Labute approximate surface area is 150 Å². The van der Waals surface area contributed by atoms with Gasteiger partial charge in [-0.3, -0.25) is 9.69 Å². The molecule has 4 nitrogen and oxygen atoms in total. The molecule has 1 aliphatic rings. The third kappa shape index (κ3) is 4.73. The number of piperidine rings is 1. The Balaban J connectivity index is 1.52. The normalized spacial score (nSPS) is 18.2. The molecular weight excluding hydrogens is 310 g/mol. The van der Waals surface area contributed by atoms with Crippen LogP contribution < -0.4 is 5.32 Å². The molecule has 25 heavy (non-hydrogen) atoms. The quantitative estimate of drug-likeness (QED) is 0.877. The van der Waals surface area contributed by atoms with E-state index in [0.29, 0.717) is 12.5 Å². The fourth-order valence-electron chi connectivity index (χ4n) is 3.57. The van der Waals surface area contributed by atoms with Gasteiger partial charge in [0.05, 0.1) is 6.42 Å². The molecule has 0 saturated carbocycles. The molecule has 1 saturated heterocycles. The fourth-order valence-corrected chi connectivity index (χ4v) is 3.57. The van der Waals surface area contributed by atoms with Crippen LogP contribution in [0.4, 0.5) is 0 Å². The topological polar surface area (TPSA) is 37.3 Å². The zero-order valence-corrected chi connectivity index (χ0v) is 15.4. The Hall–Kier alpha value is -2.07. The standard InChI is InChI=1S/C21H29N3O/c1-17-8-10-19(11-9-17)24-14-5-7-20(24)16-21(25)22-12-15-23-13-4-3-6-18(23)2/h5,7-11,14,18H,3-4,6,12-13,15-16H2,1-2H3,(H,22,25)/t18-/m0/s1. The number of benzene rings is 1. The van der Waals surface area contributed by atoms with Crippen molar-refractivity contribution in [3.63, 3.8) is 0 Å². The van der Waals surface area contributed by atoms with Crippen LogP contribution in [0, 0.1) is 6.92 Å². The number of aromatic nitrogens is 1. The van der Waals surface area contributed by atoms with Crippen LogP contribution in [0.15, 0.2) is 42.6 Å². The Kier molecular flexibility index (Phi) is 5.92. The minimum absolute atomic E-state index is 0.0942. The Morgan fingerprint density at radius 2 is 2.00 bits per heavy atom. The summed E-state index contributed by atoms with van der Waals surface area (Å²) in [6.45, 7) is 7.21. The van der Waals surface area contributed by atoms with E-state index in [1.807, 2.05) is 18.3 Å². The molecule has 1 fully saturated rings. The van der Waals surface area contributed by atoms with Crippen molar-refractivity contribution < 1.29 is 4.79 Å². The highest BCUT2D eigenvalue weighted by Gasteiger charge is 2.17. The van der Waals surface area contributed by atoms with Gasteiger partial charge in [0.15, 0.2) is 0 Å². The number of likely N-dealkylation sites (tertiary alicyclic amines) is 1. The second-order valence-corrected chi connectivity index (χ2v) is 7.11. The summed E-state index contributed by atoms with van der Waals surface area (Å²) in [4.78, 5) is 14.8. The summed E-state index contributed by atoms with van der Waals surface area (Å²) in [7, 11) is 0. The molecule has 1 aromatic carbocycles. The van der Waals surface area contributed by atoms with Gasteiger partial charge in [-0.05, 0) is 57.5 Å². The largest absolute Gasteiger partial charge is 0.354 e. The maximum atomic E-state index is 12.3. The number of rotatable bonds is 6. The van der Waals surface area contributed by atoms with Gasteiger partial charge in [-0.1, -0.05) is 24.1 Å². The molecule has 1 atom stereocenters. The maximum absolute atomic E-state index is 12.3. The predicted octanol–water partition coefficient (Wildman–Crippen LogP) is 3.32. The van der Waals surface area contributed by atoms with E-state index in [0.717, 1.165) is 31.0 Å². The van der Waals surface area contributed by atoms with Crippen molar-refractivity contribution in [3.05, 3.63) is 53.9 Å². The van der Waals surface area contributed by atoms with Gasteiger partial charge in [-0.25, -0.2) is 0 Å². The average Bonchev–Trinajstić information content (AvgIpc) is 3.05. The van der Waals surface area contributed by atoms with Crippen LogP contribution in [0.25, 0.3) is 5.69 Å². The second kappa shape index (κ2) is 8.34. The molecule has 2 heterocycles. The third-order valence-electron chi connectivity index (χ3n) is 5.15. The molecule has 4 heteroatoms. The summed E-state index contributed by atoms with van der Waals surface area (Å²) in [6.07, 6.45) is 6.32. The van der Waals surface area contributed by atoms with Gasteiger partial charge in [0.2, 0.25) is 5.91 Å². The van der Waals surface area contributed by atoms with E-state index in [1.54, 1.807) is 0 Å². The van der Waals surface area contributed by atoms with Crippen LogP contribution in [-0.4, -0.2) is 41.1 Å². The number of nitrogens with one attached hydrogen (secondary N) is 1. The molecule has 1 aromatic heterocycles. The minimum Gasteiger partial charge on any atom is -0.354 e. The van der Waals surface area contributed by atoms with Crippen molar-refractivity contribution >= 4 is 5.91 Å². The summed E-state index contributed by atoms with van der Waals surface area (Å²) in [5.41, 5.74) is 3.36. The number of aryl methyl sites for hydroxylation is 1. The molecule has 0 radical (unpaired) electrons. The predicted molar refractivity (Wildman–Crippen MR) is 102 cm³/mol. The van der Waals surface area contributed by atoms with E-state index < -0.39 is 0 Å². The third-order valence-corrected chi connectivity index (χ3v) is 5.15. The molecule has 0 bridgehead atoms. The first kappa shape index (κ1) is 17.7. The molecule has 0 aliphatic carbocycles. The lowest BCUT2D eigenvalue weighted by Crippen LogP contribution is -2.42. The SMILES string of the molecule is Cc1ccc(-n2cccc2CC(=O)NCCN2CCCC[C@@H]2C)cc1. The van der Waals surface area contributed by atoms with E-state index in [1.165, 1.54) is 24.8 Å². The zero-order chi connectivity index (χ0) is 17.6. The number of nitrogens with zero attached hydrogens (tertiary/aromatic N) is 2. The fraction of sp³-hybridized carbons (Fsp3) is 0.476. The lowest BCUT2D eigenvalue weighted by molar-refractivity contribution is -0.120. The molecule has 134 valence electrons. The van der Waals surface area contributed by atoms with Crippen molar-refractivity contribution in [2.24, 2.45) is 0 Å². The van der Waals surface area contributed by atoms with Crippen LogP contribution in [0.3, 0.4) is 0 Å². The first-order valence-corrected chi connectivity index (χ1v) is 9.37. The van der Waals surface area contributed by atoms with E-state index >= 15 is 0 Å². The lowest BCUT2D eigenvalue weighted by atomic mass is 10.0. The van der Waals surface area contributed by atoms with Crippen LogP contribution in [-0.2, 0) is 11.2 Å². The number of carbonyl (C=O) groups is 1. The minimum atomic E-state index is 0.0942. The van der Waals surface area contributed by atoms with Gasteiger partial charge in [0, 0.05) is 36.7 Å². The van der Waals surface area contributed by atoms with E-state index in [2.05, 4.69) is 52.9 Å². The summed E-state index contributed by atoms with van der Waals surface area (Å²) in [5.74, 6) is 0.0942. The van der Waals surface area contributed by atoms with Crippen molar-refractivity contribution in [2.45, 2.75) is 45.6 Å². The monoisotopic (exact) mass is 339 g/mol. The van der Waals surface area contributed by atoms with E-state index in [-0.39, 0.29) is 5.91 Å². The van der Waals surface area contributed by atoms with Crippen molar-refractivity contribution in [1.82, 2.24) is 14.8 Å². The number of amides is 1. The zero-order valence-electron chi connectivity index (χ0n) is 15.4. The van der Waals surface area contributed by atoms with Crippen molar-refractivity contribution in [1.29, 1.82) is 0 Å². The van der Waals surface area contributed by atoms with Gasteiger partial charge in [0.1, 0.15) is 0 Å². The van der Waals surface area contributed by atoms with Gasteiger partial charge >= 0.3 is 0 Å². The first-order valence-electron chi connectivity index (χ1n) is 9.37. The highest BCUT2D eigenvalue weighted by molar-refractivity contribution is 5.78. The van der Waals surface area contributed by atoms with Gasteiger partial charge < -0.3 is 9.88 Å². The molecule has 1 N–H and O–H groups in total. The van der Waals surface area contributed by atoms with E-state index in [9.17, 15) is 4.79 Å². The molecule has 3 rings (SSSR count). The Bertz CT molecular complexity index is 689. The lowest BCUT2D eigenvalue weighted by Gasteiger charge is -2.33.